The van der Waals surface area contributed by atoms with Gasteiger partial charge in [0.15, 0.2) is 6.61 Å². The molecule has 1 N–H and O–H groups in total. The molecule has 0 saturated carbocycles. The summed E-state index contributed by atoms with van der Waals surface area (Å²) in [5.41, 5.74) is 7.33. The van der Waals surface area contributed by atoms with Gasteiger partial charge >= 0.3 is 0 Å². The predicted molar refractivity (Wildman–Crippen MR) is 105 cm³/mol. The molecule has 0 atom stereocenters. The number of nitrogens with zero attached hydrogens (tertiary/aromatic N) is 1. The van der Waals surface area contributed by atoms with E-state index in [1.807, 2.05) is 36.4 Å². The Morgan fingerprint density at radius 1 is 1.08 bits per heavy atom. The van der Waals surface area contributed by atoms with Crippen molar-refractivity contribution in [2.45, 2.75) is 45.4 Å². The molecule has 0 unspecified atom stereocenters. The lowest BCUT2D eigenvalue weighted by molar-refractivity contribution is -0.123. The van der Waals surface area contributed by atoms with Crippen LogP contribution in [0.25, 0.3) is 0 Å². The molecule has 1 aliphatic rings. The third-order valence-electron chi connectivity index (χ3n) is 4.59. The fourth-order valence-electron chi connectivity index (χ4n) is 3.08. The van der Waals surface area contributed by atoms with Crippen LogP contribution in [0.4, 0.5) is 0 Å². The Labute approximate surface area is 155 Å². The van der Waals surface area contributed by atoms with E-state index in [2.05, 4.69) is 43.4 Å². The Bertz CT molecular complexity index is 802. The highest BCUT2D eigenvalue weighted by molar-refractivity contribution is 6.03. The zero-order valence-corrected chi connectivity index (χ0v) is 15.7. The number of hydrogen-bond donors (Lipinski definition) is 1. The fourth-order valence-corrected chi connectivity index (χ4v) is 3.08. The first kappa shape index (κ1) is 18.2. The molecule has 0 radical (unpaired) electrons. The van der Waals surface area contributed by atoms with Crippen molar-refractivity contribution < 1.29 is 9.53 Å². The van der Waals surface area contributed by atoms with Crippen LogP contribution in [0.15, 0.2) is 53.6 Å². The van der Waals surface area contributed by atoms with Crippen LogP contribution in [0.3, 0.4) is 0 Å². The van der Waals surface area contributed by atoms with Crippen molar-refractivity contribution in [3.8, 4) is 5.75 Å². The van der Waals surface area contributed by atoms with E-state index in [1.54, 1.807) is 0 Å². The molecule has 1 amide bonds. The molecule has 0 fully saturated rings. The highest BCUT2D eigenvalue weighted by Crippen LogP contribution is 2.24. The fraction of sp³-hybridized carbons (Fsp3) is 0.364. The number of fused-ring (bicyclic) bond motifs is 1. The molecule has 0 aliphatic heterocycles. The first-order chi connectivity index (χ1) is 12.4. The van der Waals surface area contributed by atoms with Crippen LogP contribution in [0.5, 0.6) is 5.75 Å². The van der Waals surface area contributed by atoms with Gasteiger partial charge in [-0.05, 0) is 47.9 Å². The number of rotatable bonds is 4. The molecule has 1 aliphatic carbocycles. The number of benzene rings is 2. The van der Waals surface area contributed by atoms with Gasteiger partial charge in [-0.3, -0.25) is 4.79 Å². The summed E-state index contributed by atoms with van der Waals surface area (Å²) in [6.45, 7) is 6.45. The number of amides is 1. The van der Waals surface area contributed by atoms with Crippen molar-refractivity contribution in [3.05, 3.63) is 65.2 Å². The summed E-state index contributed by atoms with van der Waals surface area (Å²) in [5.74, 6) is 0.435. The lowest BCUT2D eigenvalue weighted by Crippen LogP contribution is -2.27. The van der Waals surface area contributed by atoms with E-state index < -0.39 is 0 Å². The monoisotopic (exact) mass is 350 g/mol. The minimum atomic E-state index is -0.250. The molecule has 3 rings (SSSR count). The molecule has 0 spiro atoms. The van der Waals surface area contributed by atoms with Crippen molar-refractivity contribution in [1.82, 2.24) is 5.43 Å². The number of carbonyl (C=O) groups is 1. The second-order valence-corrected chi connectivity index (χ2v) is 7.67. The molecular formula is C22H26N2O2. The quantitative estimate of drug-likeness (QED) is 0.840. The molecule has 0 heterocycles. The van der Waals surface area contributed by atoms with Crippen molar-refractivity contribution in [3.63, 3.8) is 0 Å². The van der Waals surface area contributed by atoms with E-state index in [9.17, 15) is 4.79 Å². The van der Waals surface area contributed by atoms with Gasteiger partial charge in [-0.2, -0.15) is 5.10 Å². The summed E-state index contributed by atoms with van der Waals surface area (Å²) in [5, 5.41) is 4.32. The van der Waals surface area contributed by atoms with Gasteiger partial charge in [0.1, 0.15) is 5.75 Å². The molecule has 2 aromatic carbocycles. The number of ether oxygens (including phenoxy) is 1. The standard InChI is InChI=1S/C22H26N2O2/c1-22(2,3)17-11-13-18(14-12-17)26-15-21(25)24-23-20-10-6-8-16-7-4-5-9-19(16)20/h4-5,7,9,11-14H,6,8,10,15H2,1-3H3,(H,24,25)/b23-20+. The van der Waals surface area contributed by atoms with Gasteiger partial charge in [-0.15, -0.1) is 0 Å². The van der Waals surface area contributed by atoms with E-state index in [1.165, 1.54) is 11.1 Å². The zero-order valence-electron chi connectivity index (χ0n) is 15.7. The van der Waals surface area contributed by atoms with Gasteiger partial charge in [0.2, 0.25) is 0 Å². The summed E-state index contributed by atoms with van der Waals surface area (Å²) in [7, 11) is 0. The zero-order chi connectivity index (χ0) is 18.6. The minimum absolute atomic E-state index is 0.0483. The van der Waals surface area contributed by atoms with Gasteiger partial charge in [-0.1, -0.05) is 57.2 Å². The summed E-state index contributed by atoms with van der Waals surface area (Å²) in [6.07, 6.45) is 3.01. The van der Waals surface area contributed by atoms with Crippen LogP contribution in [-0.2, 0) is 16.6 Å². The molecule has 0 aromatic heterocycles. The first-order valence-electron chi connectivity index (χ1n) is 9.10. The first-order valence-corrected chi connectivity index (χ1v) is 9.10. The molecule has 0 bridgehead atoms. The van der Waals surface area contributed by atoms with E-state index in [0.29, 0.717) is 5.75 Å². The van der Waals surface area contributed by atoms with Crippen molar-refractivity contribution in [2.24, 2.45) is 5.10 Å². The van der Waals surface area contributed by atoms with Gasteiger partial charge in [0, 0.05) is 5.56 Å². The number of nitrogens with one attached hydrogen (secondary N) is 1. The second-order valence-electron chi connectivity index (χ2n) is 7.67. The SMILES string of the molecule is CC(C)(C)c1ccc(OCC(=O)N/N=C2\CCCc3ccccc32)cc1. The molecule has 26 heavy (non-hydrogen) atoms. The number of aryl methyl sites for hydroxylation is 1. The molecule has 4 heteroatoms. The van der Waals surface area contributed by atoms with Crippen LogP contribution in [-0.4, -0.2) is 18.2 Å². The third-order valence-corrected chi connectivity index (χ3v) is 4.59. The van der Waals surface area contributed by atoms with Gasteiger partial charge in [-0.25, -0.2) is 5.43 Å². The summed E-state index contributed by atoms with van der Waals surface area (Å²) in [4.78, 5) is 12.1. The normalized spacial score (nSPS) is 15.4. The maximum absolute atomic E-state index is 12.1. The number of hydrogen-bond acceptors (Lipinski definition) is 3. The van der Waals surface area contributed by atoms with E-state index in [-0.39, 0.29) is 17.9 Å². The van der Waals surface area contributed by atoms with Crippen LogP contribution in [0.1, 0.15) is 50.3 Å². The Balaban J connectivity index is 1.55. The van der Waals surface area contributed by atoms with Crippen LogP contribution < -0.4 is 10.2 Å². The van der Waals surface area contributed by atoms with Gasteiger partial charge < -0.3 is 4.74 Å². The van der Waals surface area contributed by atoms with Crippen molar-refractivity contribution >= 4 is 11.6 Å². The summed E-state index contributed by atoms with van der Waals surface area (Å²) in [6, 6.07) is 16.1. The largest absolute Gasteiger partial charge is 0.484 e. The van der Waals surface area contributed by atoms with E-state index in [0.717, 1.165) is 30.5 Å². The van der Waals surface area contributed by atoms with E-state index >= 15 is 0 Å². The minimum Gasteiger partial charge on any atom is -0.484 e. The average molecular weight is 350 g/mol. The summed E-state index contributed by atoms with van der Waals surface area (Å²) >= 11 is 0. The predicted octanol–water partition coefficient (Wildman–Crippen LogP) is 4.22. The average Bonchev–Trinajstić information content (AvgIpc) is 2.64. The third kappa shape index (κ3) is 4.51. The maximum atomic E-state index is 12.1. The number of hydrazone groups is 1. The maximum Gasteiger partial charge on any atom is 0.277 e. The van der Waals surface area contributed by atoms with Gasteiger partial charge in [0.05, 0.1) is 5.71 Å². The Morgan fingerprint density at radius 2 is 1.81 bits per heavy atom. The molecule has 0 saturated heterocycles. The number of carbonyl (C=O) groups excluding carboxylic acids is 1. The molecule has 136 valence electrons. The Morgan fingerprint density at radius 3 is 2.54 bits per heavy atom. The highest BCUT2D eigenvalue weighted by atomic mass is 16.5. The molecule has 2 aromatic rings. The van der Waals surface area contributed by atoms with Crippen LogP contribution in [0.2, 0.25) is 0 Å². The van der Waals surface area contributed by atoms with Crippen LogP contribution in [0, 0.1) is 0 Å². The van der Waals surface area contributed by atoms with Crippen molar-refractivity contribution in [2.75, 3.05) is 6.61 Å². The van der Waals surface area contributed by atoms with Gasteiger partial charge in [0.25, 0.3) is 5.91 Å². The van der Waals surface area contributed by atoms with E-state index in [4.69, 9.17) is 4.74 Å². The lowest BCUT2D eigenvalue weighted by Gasteiger charge is -2.19. The smallest absolute Gasteiger partial charge is 0.277 e. The van der Waals surface area contributed by atoms with Crippen LogP contribution >= 0.6 is 0 Å². The topological polar surface area (TPSA) is 50.7 Å². The Hall–Kier alpha value is -2.62. The molecule has 4 nitrogen and oxygen atoms in total. The summed E-state index contributed by atoms with van der Waals surface area (Å²) < 4.78 is 5.56. The molecular weight excluding hydrogens is 324 g/mol. The Kier molecular flexibility index (Phi) is 5.40. The highest BCUT2D eigenvalue weighted by Gasteiger charge is 2.15. The van der Waals surface area contributed by atoms with Crippen molar-refractivity contribution in [1.29, 1.82) is 0 Å². The lowest BCUT2D eigenvalue weighted by atomic mass is 9.87. The second kappa shape index (κ2) is 7.73.